The van der Waals surface area contributed by atoms with E-state index in [-0.39, 0.29) is 12.2 Å². The summed E-state index contributed by atoms with van der Waals surface area (Å²) in [4.78, 5) is 0. The molecule has 1 aromatic rings. The molecule has 2 atom stereocenters. The van der Waals surface area contributed by atoms with Gasteiger partial charge in [0.1, 0.15) is 5.82 Å². The molecule has 0 saturated heterocycles. The van der Waals surface area contributed by atoms with Gasteiger partial charge in [-0.05, 0) is 43.5 Å². The van der Waals surface area contributed by atoms with E-state index in [1.165, 1.54) is 19.1 Å². The van der Waals surface area contributed by atoms with Crippen LogP contribution in [0.25, 0.3) is 0 Å². The van der Waals surface area contributed by atoms with Gasteiger partial charge < -0.3 is 5.11 Å². The van der Waals surface area contributed by atoms with Gasteiger partial charge in [-0.2, -0.15) is 0 Å². The Bertz CT molecular complexity index is 496. The molecule has 0 aliphatic rings. The fourth-order valence-electron chi connectivity index (χ4n) is 1.54. The molecule has 0 spiro atoms. The summed E-state index contributed by atoms with van der Waals surface area (Å²) in [5.41, 5.74) is 1.47. The lowest BCUT2D eigenvalue weighted by atomic mass is 10.0. The summed E-state index contributed by atoms with van der Waals surface area (Å²) < 4.78 is 35.6. The highest BCUT2D eigenvalue weighted by Gasteiger charge is 2.24. The SMILES string of the molecule is Cc1ccc(F)cc1CC(O)C(C)S(C)(=O)=O. The lowest BCUT2D eigenvalue weighted by Gasteiger charge is -2.18. The predicted molar refractivity (Wildman–Crippen MR) is 65.2 cm³/mol. The fourth-order valence-corrected chi connectivity index (χ4v) is 2.20. The summed E-state index contributed by atoms with van der Waals surface area (Å²) in [5, 5.41) is 8.96. The molecular weight excluding hydrogens is 243 g/mol. The first-order valence-electron chi connectivity index (χ1n) is 5.33. The minimum absolute atomic E-state index is 0.137. The van der Waals surface area contributed by atoms with Crippen LogP contribution in [0.3, 0.4) is 0 Å². The van der Waals surface area contributed by atoms with Crippen molar-refractivity contribution in [2.24, 2.45) is 0 Å². The summed E-state index contributed by atoms with van der Waals surface area (Å²) in [5.74, 6) is -0.384. The minimum atomic E-state index is -3.29. The Morgan fingerprint density at radius 3 is 2.53 bits per heavy atom. The Labute approximate surface area is 101 Å². The molecule has 2 unspecified atom stereocenters. The van der Waals surface area contributed by atoms with E-state index in [1.54, 1.807) is 13.0 Å². The zero-order valence-electron chi connectivity index (χ0n) is 10.1. The first-order valence-corrected chi connectivity index (χ1v) is 7.29. The highest BCUT2D eigenvalue weighted by Crippen LogP contribution is 2.16. The Kier molecular flexibility index (Phi) is 4.27. The van der Waals surface area contributed by atoms with Crippen molar-refractivity contribution in [3.63, 3.8) is 0 Å². The maximum absolute atomic E-state index is 13.0. The van der Waals surface area contributed by atoms with Crippen LogP contribution >= 0.6 is 0 Å². The van der Waals surface area contributed by atoms with Crippen LogP contribution < -0.4 is 0 Å². The fraction of sp³-hybridized carbons (Fsp3) is 0.500. The average Bonchev–Trinajstić information content (AvgIpc) is 2.21. The number of rotatable bonds is 4. The van der Waals surface area contributed by atoms with Gasteiger partial charge in [-0.3, -0.25) is 0 Å². The second kappa shape index (κ2) is 5.14. The number of aryl methyl sites for hydroxylation is 1. The van der Waals surface area contributed by atoms with Gasteiger partial charge in [-0.1, -0.05) is 6.07 Å². The molecule has 0 aromatic heterocycles. The average molecular weight is 260 g/mol. The molecule has 1 N–H and O–H groups in total. The summed E-state index contributed by atoms with van der Waals surface area (Å²) >= 11 is 0. The van der Waals surface area contributed by atoms with Crippen molar-refractivity contribution in [3.05, 3.63) is 35.1 Å². The lowest BCUT2D eigenvalue weighted by Crippen LogP contribution is -2.32. The third kappa shape index (κ3) is 3.78. The first-order chi connectivity index (χ1) is 7.71. The van der Waals surface area contributed by atoms with Crippen molar-refractivity contribution in [1.82, 2.24) is 0 Å². The summed E-state index contributed by atoms with van der Waals surface area (Å²) in [6.45, 7) is 3.25. The van der Waals surface area contributed by atoms with Crippen molar-refractivity contribution >= 4 is 9.84 Å². The van der Waals surface area contributed by atoms with Crippen LogP contribution in [0, 0.1) is 12.7 Å². The normalized spacial score (nSPS) is 15.6. The second-order valence-corrected chi connectivity index (χ2v) is 6.78. The maximum atomic E-state index is 13.0. The largest absolute Gasteiger partial charge is 0.391 e. The van der Waals surface area contributed by atoms with E-state index in [9.17, 15) is 17.9 Å². The Morgan fingerprint density at radius 2 is 2.00 bits per heavy atom. The molecule has 0 amide bonds. The van der Waals surface area contributed by atoms with Crippen molar-refractivity contribution in [1.29, 1.82) is 0 Å². The molecule has 0 heterocycles. The highest BCUT2D eigenvalue weighted by atomic mass is 32.2. The van der Waals surface area contributed by atoms with E-state index in [2.05, 4.69) is 0 Å². The molecule has 0 bridgehead atoms. The quantitative estimate of drug-likeness (QED) is 0.892. The molecule has 1 aromatic carbocycles. The summed E-state index contributed by atoms with van der Waals surface area (Å²) in [7, 11) is -3.29. The van der Waals surface area contributed by atoms with E-state index in [4.69, 9.17) is 0 Å². The molecule has 1 rings (SSSR count). The van der Waals surface area contributed by atoms with Gasteiger partial charge >= 0.3 is 0 Å². The number of hydrogen-bond acceptors (Lipinski definition) is 3. The molecule has 5 heteroatoms. The van der Waals surface area contributed by atoms with E-state index in [0.29, 0.717) is 5.56 Å². The predicted octanol–water partition coefficient (Wildman–Crippen LogP) is 1.47. The zero-order valence-corrected chi connectivity index (χ0v) is 11.0. The molecule has 0 saturated carbocycles. The number of benzene rings is 1. The van der Waals surface area contributed by atoms with Crippen molar-refractivity contribution in [2.45, 2.75) is 31.6 Å². The summed E-state index contributed by atoms with van der Waals surface area (Å²) in [6, 6.07) is 4.28. The van der Waals surface area contributed by atoms with Crippen LogP contribution in [0.2, 0.25) is 0 Å². The van der Waals surface area contributed by atoms with Crippen LogP contribution in [0.1, 0.15) is 18.1 Å². The van der Waals surface area contributed by atoms with Gasteiger partial charge in [0.2, 0.25) is 0 Å². The van der Waals surface area contributed by atoms with Crippen LogP contribution in [0.5, 0.6) is 0 Å². The monoisotopic (exact) mass is 260 g/mol. The molecule has 96 valence electrons. The van der Waals surface area contributed by atoms with E-state index >= 15 is 0 Å². The maximum Gasteiger partial charge on any atom is 0.152 e. The molecule has 3 nitrogen and oxygen atoms in total. The lowest BCUT2D eigenvalue weighted by molar-refractivity contribution is 0.173. The van der Waals surface area contributed by atoms with Gasteiger partial charge in [0.25, 0.3) is 0 Å². The molecule has 0 fully saturated rings. The van der Waals surface area contributed by atoms with Crippen LogP contribution in [0.4, 0.5) is 4.39 Å². The number of aliphatic hydroxyl groups is 1. The minimum Gasteiger partial charge on any atom is -0.391 e. The van der Waals surface area contributed by atoms with Crippen molar-refractivity contribution < 1.29 is 17.9 Å². The second-order valence-electron chi connectivity index (χ2n) is 4.38. The molecule has 17 heavy (non-hydrogen) atoms. The third-order valence-corrected chi connectivity index (χ3v) is 4.62. The smallest absolute Gasteiger partial charge is 0.152 e. The highest BCUT2D eigenvalue weighted by molar-refractivity contribution is 7.91. The van der Waals surface area contributed by atoms with Gasteiger partial charge in [0.15, 0.2) is 9.84 Å². The summed E-state index contributed by atoms with van der Waals surface area (Å²) in [6.07, 6.45) is 0.197. The Balaban J connectivity index is 2.88. The zero-order chi connectivity index (χ0) is 13.2. The van der Waals surface area contributed by atoms with Gasteiger partial charge in [-0.15, -0.1) is 0 Å². The molecule has 0 aliphatic heterocycles. The van der Waals surface area contributed by atoms with Crippen molar-refractivity contribution in [3.8, 4) is 0 Å². The van der Waals surface area contributed by atoms with E-state index in [1.807, 2.05) is 0 Å². The standard InChI is InChI=1S/C12H17FO3S/c1-8-4-5-11(13)6-10(8)7-12(14)9(2)17(3,15)16/h4-6,9,12,14H,7H2,1-3H3. The van der Waals surface area contributed by atoms with E-state index in [0.717, 1.165) is 11.8 Å². The third-order valence-electron chi connectivity index (χ3n) is 2.96. The molecule has 0 aliphatic carbocycles. The molecule has 0 radical (unpaired) electrons. The molecular formula is C12H17FO3S. The van der Waals surface area contributed by atoms with Crippen LogP contribution in [-0.2, 0) is 16.3 Å². The number of sulfone groups is 1. The van der Waals surface area contributed by atoms with Gasteiger partial charge in [0, 0.05) is 6.26 Å². The van der Waals surface area contributed by atoms with E-state index < -0.39 is 21.2 Å². The first kappa shape index (κ1) is 14.1. The van der Waals surface area contributed by atoms with Gasteiger partial charge in [-0.25, -0.2) is 12.8 Å². The van der Waals surface area contributed by atoms with Gasteiger partial charge in [0.05, 0.1) is 11.4 Å². The number of aliphatic hydroxyl groups excluding tert-OH is 1. The van der Waals surface area contributed by atoms with Crippen LogP contribution in [-0.4, -0.2) is 31.1 Å². The Hall–Kier alpha value is -0.940. The van der Waals surface area contributed by atoms with Crippen molar-refractivity contribution in [2.75, 3.05) is 6.26 Å². The Morgan fingerprint density at radius 1 is 1.41 bits per heavy atom. The number of hydrogen-bond donors (Lipinski definition) is 1. The number of halogens is 1. The van der Waals surface area contributed by atoms with Crippen LogP contribution in [0.15, 0.2) is 18.2 Å². The topological polar surface area (TPSA) is 54.4 Å².